The summed E-state index contributed by atoms with van der Waals surface area (Å²) in [6.45, 7) is 0. The number of anilines is 1. The lowest BCUT2D eigenvalue weighted by molar-refractivity contribution is 1.10. The first-order chi connectivity index (χ1) is 8.34. The van der Waals surface area contributed by atoms with Gasteiger partial charge in [-0.25, -0.2) is 19.9 Å². The Morgan fingerprint density at radius 1 is 0.824 bits per heavy atom. The molecule has 0 unspecified atom stereocenters. The molecule has 0 atom stereocenters. The van der Waals surface area contributed by atoms with Crippen molar-refractivity contribution >= 4 is 16.7 Å². The van der Waals surface area contributed by atoms with Crippen molar-refractivity contribution < 1.29 is 0 Å². The molecule has 0 saturated heterocycles. The molecule has 0 radical (unpaired) electrons. The van der Waals surface area contributed by atoms with Crippen LogP contribution in [0.4, 0.5) is 5.82 Å². The van der Waals surface area contributed by atoms with Gasteiger partial charge in [-0.1, -0.05) is 12.1 Å². The Morgan fingerprint density at radius 2 is 1.59 bits per heavy atom. The maximum Gasteiger partial charge on any atom is 0.200 e. The van der Waals surface area contributed by atoms with Crippen molar-refractivity contribution in [3.05, 3.63) is 42.7 Å². The second-order valence-corrected chi connectivity index (χ2v) is 3.52. The quantitative estimate of drug-likeness (QED) is 0.679. The first-order valence-electron chi connectivity index (χ1n) is 5.14. The number of nitrogen functional groups attached to an aromatic ring is 1. The highest BCUT2D eigenvalue weighted by Crippen LogP contribution is 2.20. The molecule has 0 amide bonds. The molecule has 5 nitrogen and oxygen atoms in total. The van der Waals surface area contributed by atoms with Gasteiger partial charge < -0.3 is 5.73 Å². The molecule has 0 aliphatic rings. The fraction of sp³-hybridized carbons (Fsp3) is 0. The van der Waals surface area contributed by atoms with E-state index in [0.717, 1.165) is 10.9 Å². The van der Waals surface area contributed by atoms with Gasteiger partial charge in [-0.05, 0) is 18.2 Å². The minimum Gasteiger partial charge on any atom is -0.383 e. The molecule has 0 aliphatic carbocycles. The van der Waals surface area contributed by atoms with Crippen molar-refractivity contribution in [1.82, 2.24) is 19.9 Å². The third-order valence-corrected chi connectivity index (χ3v) is 2.40. The van der Waals surface area contributed by atoms with Gasteiger partial charge in [0.2, 0.25) is 0 Å². The third-order valence-electron chi connectivity index (χ3n) is 2.40. The van der Waals surface area contributed by atoms with Crippen LogP contribution in [0.1, 0.15) is 0 Å². The first kappa shape index (κ1) is 9.65. The van der Waals surface area contributed by atoms with Crippen LogP contribution in [-0.2, 0) is 0 Å². The van der Waals surface area contributed by atoms with E-state index >= 15 is 0 Å². The third kappa shape index (κ3) is 1.67. The molecule has 17 heavy (non-hydrogen) atoms. The highest BCUT2D eigenvalue weighted by molar-refractivity contribution is 5.89. The summed E-state index contributed by atoms with van der Waals surface area (Å²) >= 11 is 0. The highest BCUT2D eigenvalue weighted by atomic mass is 15.0. The van der Waals surface area contributed by atoms with Crippen LogP contribution < -0.4 is 5.73 Å². The summed E-state index contributed by atoms with van der Waals surface area (Å²) in [6.07, 6.45) is 3.30. The van der Waals surface area contributed by atoms with Crippen molar-refractivity contribution in [2.24, 2.45) is 0 Å². The molecule has 0 aliphatic heterocycles. The Bertz CT molecular complexity index is 666. The van der Waals surface area contributed by atoms with Crippen LogP contribution in [0.5, 0.6) is 0 Å². The standard InChI is InChI=1S/C12H9N5/c13-10-8-4-1-2-5-9(8)16-12(17-10)11-14-6-3-7-15-11/h1-7H,(H2,13,16,17). The summed E-state index contributed by atoms with van der Waals surface area (Å²) < 4.78 is 0. The van der Waals surface area contributed by atoms with E-state index in [1.54, 1.807) is 18.5 Å². The number of hydrogen-bond donors (Lipinski definition) is 1. The van der Waals surface area contributed by atoms with Crippen LogP contribution in [0, 0.1) is 0 Å². The SMILES string of the molecule is Nc1nc(-c2ncccn2)nc2ccccc12. The largest absolute Gasteiger partial charge is 0.383 e. The molecule has 3 aromatic rings. The summed E-state index contributed by atoms with van der Waals surface area (Å²) in [6, 6.07) is 9.33. The summed E-state index contributed by atoms with van der Waals surface area (Å²) in [5, 5.41) is 0.840. The fourth-order valence-electron chi connectivity index (χ4n) is 1.62. The zero-order chi connectivity index (χ0) is 11.7. The molecule has 2 heterocycles. The minimum absolute atomic E-state index is 0.443. The zero-order valence-corrected chi connectivity index (χ0v) is 8.91. The molecule has 0 saturated carbocycles. The minimum atomic E-state index is 0.443. The van der Waals surface area contributed by atoms with Crippen molar-refractivity contribution in [1.29, 1.82) is 0 Å². The van der Waals surface area contributed by atoms with Gasteiger partial charge in [0.25, 0.3) is 0 Å². The van der Waals surface area contributed by atoms with E-state index in [9.17, 15) is 0 Å². The van der Waals surface area contributed by atoms with Crippen LogP contribution in [-0.4, -0.2) is 19.9 Å². The number of nitrogens with zero attached hydrogens (tertiary/aromatic N) is 4. The average Bonchev–Trinajstić information content (AvgIpc) is 2.40. The number of hydrogen-bond acceptors (Lipinski definition) is 5. The Balaban J connectivity index is 2.26. The lowest BCUT2D eigenvalue weighted by Crippen LogP contribution is -1.99. The van der Waals surface area contributed by atoms with Crippen LogP contribution in [0.25, 0.3) is 22.6 Å². The molecule has 3 rings (SSSR count). The molecule has 0 spiro atoms. The van der Waals surface area contributed by atoms with Crippen LogP contribution >= 0.6 is 0 Å². The Morgan fingerprint density at radius 3 is 2.41 bits per heavy atom. The monoisotopic (exact) mass is 223 g/mol. The number of benzene rings is 1. The van der Waals surface area contributed by atoms with Crippen LogP contribution in [0.3, 0.4) is 0 Å². The van der Waals surface area contributed by atoms with E-state index in [-0.39, 0.29) is 0 Å². The molecule has 1 aromatic carbocycles. The van der Waals surface area contributed by atoms with Gasteiger partial charge >= 0.3 is 0 Å². The molecule has 0 bridgehead atoms. The molecule has 5 heteroatoms. The number of fused-ring (bicyclic) bond motifs is 1. The highest BCUT2D eigenvalue weighted by Gasteiger charge is 2.08. The summed E-state index contributed by atoms with van der Waals surface area (Å²) in [7, 11) is 0. The van der Waals surface area contributed by atoms with Gasteiger partial charge in [0.05, 0.1) is 5.52 Å². The zero-order valence-electron chi connectivity index (χ0n) is 8.91. The van der Waals surface area contributed by atoms with E-state index in [1.165, 1.54) is 0 Å². The molecule has 82 valence electrons. The van der Waals surface area contributed by atoms with Crippen molar-refractivity contribution in [2.45, 2.75) is 0 Å². The second kappa shape index (κ2) is 3.79. The number of aromatic nitrogens is 4. The average molecular weight is 223 g/mol. The van der Waals surface area contributed by atoms with Gasteiger partial charge in [-0.2, -0.15) is 0 Å². The van der Waals surface area contributed by atoms with E-state index < -0.39 is 0 Å². The molecule has 0 fully saturated rings. The maximum atomic E-state index is 5.89. The van der Waals surface area contributed by atoms with Crippen molar-refractivity contribution in [3.63, 3.8) is 0 Å². The summed E-state index contributed by atoms with van der Waals surface area (Å²) in [5.74, 6) is 1.37. The van der Waals surface area contributed by atoms with Crippen molar-refractivity contribution in [3.8, 4) is 11.6 Å². The van der Waals surface area contributed by atoms with Gasteiger partial charge in [-0.15, -0.1) is 0 Å². The smallest absolute Gasteiger partial charge is 0.200 e. The molecular formula is C12H9N5. The van der Waals surface area contributed by atoms with E-state index in [0.29, 0.717) is 17.5 Å². The second-order valence-electron chi connectivity index (χ2n) is 3.52. The fourth-order valence-corrected chi connectivity index (χ4v) is 1.62. The van der Waals surface area contributed by atoms with E-state index in [4.69, 9.17) is 5.73 Å². The van der Waals surface area contributed by atoms with Gasteiger partial charge in [0, 0.05) is 17.8 Å². The molecule has 2 N–H and O–H groups in total. The van der Waals surface area contributed by atoms with Crippen molar-refractivity contribution in [2.75, 3.05) is 5.73 Å². The normalized spacial score (nSPS) is 10.6. The number of nitrogens with two attached hydrogens (primary N) is 1. The maximum absolute atomic E-state index is 5.89. The predicted molar refractivity (Wildman–Crippen MR) is 65.0 cm³/mol. The lowest BCUT2D eigenvalue weighted by Gasteiger charge is -2.03. The number of para-hydroxylation sites is 1. The molecular weight excluding hydrogens is 214 g/mol. The predicted octanol–water partition coefficient (Wildman–Crippen LogP) is 1.67. The Kier molecular flexibility index (Phi) is 2.15. The van der Waals surface area contributed by atoms with Gasteiger partial charge in [0.1, 0.15) is 5.82 Å². The lowest BCUT2D eigenvalue weighted by atomic mass is 10.2. The van der Waals surface area contributed by atoms with Gasteiger partial charge in [-0.3, -0.25) is 0 Å². The summed E-state index contributed by atoms with van der Waals surface area (Å²) in [4.78, 5) is 16.8. The number of rotatable bonds is 1. The van der Waals surface area contributed by atoms with Crippen LogP contribution in [0.2, 0.25) is 0 Å². The van der Waals surface area contributed by atoms with Crippen LogP contribution in [0.15, 0.2) is 42.7 Å². The molecule has 2 aromatic heterocycles. The van der Waals surface area contributed by atoms with Gasteiger partial charge in [0.15, 0.2) is 11.6 Å². The summed E-state index contributed by atoms with van der Waals surface area (Å²) in [5.41, 5.74) is 6.68. The Hall–Kier alpha value is -2.56. The topological polar surface area (TPSA) is 77.6 Å². The Labute approximate surface area is 97.4 Å². The first-order valence-corrected chi connectivity index (χ1v) is 5.14. The van der Waals surface area contributed by atoms with E-state index in [1.807, 2.05) is 24.3 Å². The van der Waals surface area contributed by atoms with E-state index in [2.05, 4.69) is 19.9 Å².